The number of nitrogens with zero attached hydrogens (tertiary/aromatic N) is 2. The standard InChI is InChI=1S/C10H8Cl2N2/c1-7-5-6-14(13-7)10-8(11)3-2-4-9(10)12/h2-6H,1H3. The van der Waals surface area contributed by atoms with Crippen molar-refractivity contribution in [2.75, 3.05) is 0 Å². The monoisotopic (exact) mass is 226 g/mol. The summed E-state index contributed by atoms with van der Waals surface area (Å²) in [5, 5.41) is 5.45. The first-order valence-electron chi connectivity index (χ1n) is 4.15. The highest BCUT2D eigenvalue weighted by atomic mass is 35.5. The quantitative estimate of drug-likeness (QED) is 0.729. The van der Waals surface area contributed by atoms with Crippen LogP contribution in [0.4, 0.5) is 0 Å². The van der Waals surface area contributed by atoms with Gasteiger partial charge in [-0.3, -0.25) is 0 Å². The van der Waals surface area contributed by atoms with Crippen LogP contribution in [0.25, 0.3) is 5.69 Å². The zero-order chi connectivity index (χ0) is 10.1. The second kappa shape index (κ2) is 3.64. The number of aryl methyl sites for hydroxylation is 1. The maximum Gasteiger partial charge on any atom is 0.102 e. The SMILES string of the molecule is Cc1ccn(-c2c(Cl)cccc2Cl)n1. The molecule has 1 heterocycles. The number of benzene rings is 1. The lowest BCUT2D eigenvalue weighted by atomic mass is 10.3. The molecule has 2 rings (SSSR count). The number of aromatic nitrogens is 2. The normalized spacial score (nSPS) is 10.5. The summed E-state index contributed by atoms with van der Waals surface area (Å²) in [6.07, 6.45) is 1.84. The van der Waals surface area contributed by atoms with Gasteiger partial charge in [0.05, 0.1) is 15.7 Å². The average molecular weight is 227 g/mol. The van der Waals surface area contributed by atoms with Crippen LogP contribution in [0.3, 0.4) is 0 Å². The predicted octanol–water partition coefficient (Wildman–Crippen LogP) is 3.49. The van der Waals surface area contributed by atoms with Crippen molar-refractivity contribution >= 4 is 23.2 Å². The van der Waals surface area contributed by atoms with Gasteiger partial charge in [0.15, 0.2) is 0 Å². The van der Waals surface area contributed by atoms with Crippen LogP contribution in [-0.4, -0.2) is 9.78 Å². The Morgan fingerprint density at radius 1 is 1.14 bits per heavy atom. The van der Waals surface area contributed by atoms with E-state index in [9.17, 15) is 0 Å². The summed E-state index contributed by atoms with van der Waals surface area (Å²) in [6.45, 7) is 1.92. The Kier molecular flexibility index (Phi) is 2.48. The van der Waals surface area contributed by atoms with E-state index in [0.29, 0.717) is 10.0 Å². The van der Waals surface area contributed by atoms with E-state index in [4.69, 9.17) is 23.2 Å². The average Bonchev–Trinajstić information content (AvgIpc) is 2.51. The molecule has 2 aromatic rings. The summed E-state index contributed by atoms with van der Waals surface area (Å²) >= 11 is 12.1. The van der Waals surface area contributed by atoms with Gasteiger partial charge >= 0.3 is 0 Å². The number of halogens is 2. The summed E-state index contributed by atoms with van der Waals surface area (Å²) in [5.41, 5.74) is 1.66. The van der Waals surface area contributed by atoms with E-state index in [0.717, 1.165) is 11.4 Å². The topological polar surface area (TPSA) is 17.8 Å². The molecule has 2 nitrogen and oxygen atoms in total. The minimum absolute atomic E-state index is 0.598. The lowest BCUT2D eigenvalue weighted by Gasteiger charge is -2.05. The van der Waals surface area contributed by atoms with Crippen molar-refractivity contribution in [2.45, 2.75) is 6.92 Å². The molecule has 72 valence electrons. The van der Waals surface area contributed by atoms with Crippen molar-refractivity contribution in [3.8, 4) is 5.69 Å². The summed E-state index contributed by atoms with van der Waals surface area (Å²) in [5.74, 6) is 0. The molecule has 0 bridgehead atoms. The van der Waals surface area contributed by atoms with Gasteiger partial charge in [-0.1, -0.05) is 29.3 Å². The molecule has 0 spiro atoms. The van der Waals surface area contributed by atoms with E-state index < -0.39 is 0 Å². The highest BCUT2D eigenvalue weighted by Gasteiger charge is 2.07. The third-order valence-corrected chi connectivity index (χ3v) is 2.50. The molecule has 0 saturated heterocycles. The van der Waals surface area contributed by atoms with E-state index >= 15 is 0 Å². The first kappa shape index (κ1) is 9.56. The second-order valence-corrected chi connectivity index (χ2v) is 3.79. The number of hydrogen-bond acceptors (Lipinski definition) is 1. The molecule has 1 aromatic carbocycles. The van der Waals surface area contributed by atoms with E-state index in [1.54, 1.807) is 16.8 Å². The molecule has 0 unspecified atom stereocenters. The molecular formula is C10H8Cl2N2. The van der Waals surface area contributed by atoms with E-state index in [1.807, 2.05) is 25.3 Å². The molecule has 0 amide bonds. The van der Waals surface area contributed by atoms with Gasteiger partial charge in [-0.15, -0.1) is 0 Å². The summed E-state index contributed by atoms with van der Waals surface area (Å²) in [7, 11) is 0. The zero-order valence-corrected chi connectivity index (χ0v) is 9.05. The maximum atomic E-state index is 6.03. The number of hydrogen-bond donors (Lipinski definition) is 0. The third-order valence-electron chi connectivity index (χ3n) is 1.89. The molecule has 4 heteroatoms. The van der Waals surface area contributed by atoms with Crippen molar-refractivity contribution in [3.63, 3.8) is 0 Å². The van der Waals surface area contributed by atoms with Gasteiger partial charge in [-0.2, -0.15) is 5.10 Å². The predicted molar refractivity (Wildman–Crippen MR) is 58.3 cm³/mol. The first-order valence-corrected chi connectivity index (χ1v) is 4.91. The highest BCUT2D eigenvalue weighted by Crippen LogP contribution is 2.27. The van der Waals surface area contributed by atoms with Crippen LogP contribution in [0, 0.1) is 6.92 Å². The minimum Gasteiger partial charge on any atom is -0.238 e. The number of rotatable bonds is 1. The van der Waals surface area contributed by atoms with Crippen molar-refractivity contribution in [2.24, 2.45) is 0 Å². The summed E-state index contributed by atoms with van der Waals surface area (Å²) in [4.78, 5) is 0. The maximum absolute atomic E-state index is 6.03. The fraction of sp³-hybridized carbons (Fsp3) is 0.100. The Bertz CT molecular complexity index is 443. The fourth-order valence-corrected chi connectivity index (χ4v) is 1.82. The Morgan fingerprint density at radius 2 is 1.79 bits per heavy atom. The zero-order valence-electron chi connectivity index (χ0n) is 7.54. The fourth-order valence-electron chi connectivity index (χ4n) is 1.25. The van der Waals surface area contributed by atoms with Crippen LogP contribution in [0.15, 0.2) is 30.5 Å². The Morgan fingerprint density at radius 3 is 2.29 bits per heavy atom. The molecule has 0 aliphatic heterocycles. The van der Waals surface area contributed by atoms with Gasteiger partial charge in [-0.25, -0.2) is 4.68 Å². The number of para-hydroxylation sites is 1. The minimum atomic E-state index is 0.598. The van der Waals surface area contributed by atoms with E-state index in [1.165, 1.54) is 0 Å². The lowest BCUT2D eigenvalue weighted by molar-refractivity contribution is 0.863. The molecule has 0 N–H and O–H groups in total. The molecule has 0 fully saturated rings. The Balaban J connectivity index is 2.61. The lowest BCUT2D eigenvalue weighted by Crippen LogP contribution is -1.96. The van der Waals surface area contributed by atoms with Crippen LogP contribution >= 0.6 is 23.2 Å². The van der Waals surface area contributed by atoms with Gasteiger partial charge in [0.1, 0.15) is 5.69 Å². The molecule has 14 heavy (non-hydrogen) atoms. The van der Waals surface area contributed by atoms with E-state index in [2.05, 4.69) is 5.10 Å². The molecule has 0 atom stereocenters. The largest absolute Gasteiger partial charge is 0.238 e. The molecule has 0 radical (unpaired) electrons. The summed E-state index contributed by atoms with van der Waals surface area (Å²) in [6, 6.07) is 7.30. The van der Waals surface area contributed by atoms with Gasteiger partial charge in [0, 0.05) is 6.20 Å². The first-order chi connectivity index (χ1) is 6.68. The molecular weight excluding hydrogens is 219 g/mol. The van der Waals surface area contributed by atoms with Crippen LogP contribution in [0.5, 0.6) is 0 Å². The summed E-state index contributed by atoms with van der Waals surface area (Å²) < 4.78 is 1.68. The van der Waals surface area contributed by atoms with Crippen molar-refractivity contribution < 1.29 is 0 Å². The van der Waals surface area contributed by atoms with Crippen molar-refractivity contribution in [1.82, 2.24) is 9.78 Å². The second-order valence-electron chi connectivity index (χ2n) is 2.97. The van der Waals surface area contributed by atoms with E-state index in [-0.39, 0.29) is 0 Å². The molecule has 0 aliphatic carbocycles. The molecule has 1 aromatic heterocycles. The van der Waals surface area contributed by atoms with Crippen LogP contribution < -0.4 is 0 Å². The highest BCUT2D eigenvalue weighted by molar-refractivity contribution is 6.37. The van der Waals surface area contributed by atoms with Crippen LogP contribution in [0.1, 0.15) is 5.69 Å². The molecule has 0 saturated carbocycles. The van der Waals surface area contributed by atoms with Gasteiger partial charge in [-0.05, 0) is 25.1 Å². The van der Waals surface area contributed by atoms with Gasteiger partial charge in [0.2, 0.25) is 0 Å². The van der Waals surface area contributed by atoms with Gasteiger partial charge in [0.25, 0.3) is 0 Å². The van der Waals surface area contributed by atoms with Gasteiger partial charge < -0.3 is 0 Å². The Hall–Kier alpha value is -0.990. The smallest absolute Gasteiger partial charge is 0.102 e. The van der Waals surface area contributed by atoms with Crippen LogP contribution in [-0.2, 0) is 0 Å². The Labute approximate surface area is 92.1 Å². The van der Waals surface area contributed by atoms with Crippen molar-refractivity contribution in [3.05, 3.63) is 46.2 Å². The van der Waals surface area contributed by atoms with Crippen molar-refractivity contribution in [1.29, 1.82) is 0 Å². The third kappa shape index (κ3) is 1.63. The molecule has 0 aliphatic rings. The van der Waals surface area contributed by atoms with Crippen LogP contribution in [0.2, 0.25) is 10.0 Å².